The lowest BCUT2D eigenvalue weighted by Gasteiger charge is -2.21. The highest BCUT2D eigenvalue weighted by Gasteiger charge is 2.22. The molecule has 1 aromatic carbocycles. The van der Waals surface area contributed by atoms with Gasteiger partial charge in [0.15, 0.2) is 0 Å². The standard InChI is InChI=1S/C18H26N2O4/c1-2-23-12-13-24-16-11-7-6-10-15(16)18(22)20-19-17(21)14-8-4-3-5-9-14/h6-7,10-11,14H,2-5,8-9,12-13H2,1H3,(H,19,21)(H,20,22). The van der Waals surface area contributed by atoms with Crippen LogP contribution in [0.4, 0.5) is 0 Å². The number of nitrogens with one attached hydrogen (secondary N) is 2. The van der Waals surface area contributed by atoms with Crippen LogP contribution in [0.2, 0.25) is 0 Å². The molecule has 0 unspecified atom stereocenters. The van der Waals surface area contributed by atoms with Gasteiger partial charge in [-0.3, -0.25) is 20.4 Å². The molecule has 0 saturated heterocycles. The molecule has 0 spiro atoms. The van der Waals surface area contributed by atoms with Gasteiger partial charge in [0.05, 0.1) is 12.2 Å². The lowest BCUT2D eigenvalue weighted by Crippen LogP contribution is -2.45. The molecule has 1 aliphatic rings. The van der Waals surface area contributed by atoms with Crippen LogP contribution < -0.4 is 15.6 Å². The summed E-state index contributed by atoms with van der Waals surface area (Å²) in [6.07, 6.45) is 5.10. The van der Waals surface area contributed by atoms with E-state index in [2.05, 4.69) is 10.9 Å². The summed E-state index contributed by atoms with van der Waals surface area (Å²) in [4.78, 5) is 24.4. The molecule has 2 amide bonds. The molecule has 0 atom stereocenters. The monoisotopic (exact) mass is 334 g/mol. The number of hydrogen-bond acceptors (Lipinski definition) is 4. The zero-order valence-electron chi connectivity index (χ0n) is 14.2. The number of amides is 2. The van der Waals surface area contributed by atoms with Crippen molar-refractivity contribution in [2.75, 3.05) is 19.8 Å². The molecule has 24 heavy (non-hydrogen) atoms. The van der Waals surface area contributed by atoms with Crippen LogP contribution in [-0.2, 0) is 9.53 Å². The normalized spacial score (nSPS) is 14.9. The average molecular weight is 334 g/mol. The Bertz CT molecular complexity index is 542. The minimum absolute atomic E-state index is 0.00302. The Morgan fingerprint density at radius 2 is 1.83 bits per heavy atom. The van der Waals surface area contributed by atoms with E-state index in [0.717, 1.165) is 25.7 Å². The second-order valence-electron chi connectivity index (χ2n) is 5.82. The predicted molar refractivity (Wildman–Crippen MR) is 90.6 cm³/mol. The van der Waals surface area contributed by atoms with Crippen LogP contribution in [0.1, 0.15) is 49.4 Å². The lowest BCUT2D eigenvalue weighted by atomic mass is 9.89. The number of carbonyl (C=O) groups excluding carboxylic acids is 2. The lowest BCUT2D eigenvalue weighted by molar-refractivity contribution is -0.126. The van der Waals surface area contributed by atoms with Gasteiger partial charge in [-0.05, 0) is 31.9 Å². The molecule has 0 heterocycles. The van der Waals surface area contributed by atoms with E-state index in [1.807, 2.05) is 6.92 Å². The van der Waals surface area contributed by atoms with Crippen LogP contribution >= 0.6 is 0 Å². The zero-order chi connectivity index (χ0) is 17.2. The van der Waals surface area contributed by atoms with Gasteiger partial charge in [-0.25, -0.2) is 0 Å². The Balaban J connectivity index is 1.86. The molecular formula is C18H26N2O4. The van der Waals surface area contributed by atoms with Gasteiger partial charge < -0.3 is 9.47 Å². The SMILES string of the molecule is CCOCCOc1ccccc1C(=O)NNC(=O)C1CCCCC1. The smallest absolute Gasteiger partial charge is 0.273 e. The molecule has 6 nitrogen and oxygen atoms in total. The van der Waals surface area contributed by atoms with Gasteiger partial charge in [0.25, 0.3) is 5.91 Å². The van der Waals surface area contributed by atoms with E-state index >= 15 is 0 Å². The number of ether oxygens (including phenoxy) is 2. The molecule has 2 rings (SSSR count). The zero-order valence-corrected chi connectivity index (χ0v) is 14.2. The van der Waals surface area contributed by atoms with Crippen LogP contribution in [-0.4, -0.2) is 31.6 Å². The van der Waals surface area contributed by atoms with Crippen molar-refractivity contribution in [1.82, 2.24) is 10.9 Å². The average Bonchev–Trinajstić information content (AvgIpc) is 2.64. The first-order valence-electron chi connectivity index (χ1n) is 8.62. The van der Waals surface area contributed by atoms with Crippen molar-refractivity contribution in [3.05, 3.63) is 29.8 Å². The number of rotatable bonds is 7. The third kappa shape index (κ3) is 5.53. The molecule has 1 aromatic rings. The summed E-state index contributed by atoms with van der Waals surface area (Å²) in [5, 5.41) is 0. The highest BCUT2D eigenvalue weighted by molar-refractivity contribution is 5.98. The fourth-order valence-electron chi connectivity index (χ4n) is 2.79. The second kappa shape index (κ2) is 9.93. The van der Waals surface area contributed by atoms with Crippen LogP contribution in [0.15, 0.2) is 24.3 Å². The minimum Gasteiger partial charge on any atom is -0.490 e. The van der Waals surface area contributed by atoms with Gasteiger partial charge in [0.2, 0.25) is 5.91 Å². The summed E-state index contributed by atoms with van der Waals surface area (Å²) in [5.74, 6) is -0.0256. The third-order valence-electron chi connectivity index (χ3n) is 4.10. The maximum Gasteiger partial charge on any atom is 0.273 e. The molecule has 0 bridgehead atoms. The van der Waals surface area contributed by atoms with Crippen LogP contribution in [0, 0.1) is 5.92 Å². The van der Waals surface area contributed by atoms with Crippen molar-refractivity contribution < 1.29 is 19.1 Å². The largest absolute Gasteiger partial charge is 0.490 e. The predicted octanol–water partition coefficient (Wildman–Crippen LogP) is 2.44. The Morgan fingerprint density at radius 1 is 1.08 bits per heavy atom. The Morgan fingerprint density at radius 3 is 2.58 bits per heavy atom. The van der Waals surface area contributed by atoms with Gasteiger partial charge in [0.1, 0.15) is 12.4 Å². The van der Waals surface area contributed by atoms with Gasteiger partial charge in [-0.15, -0.1) is 0 Å². The summed E-state index contributed by atoms with van der Waals surface area (Å²) in [6.45, 7) is 3.37. The first kappa shape index (κ1) is 18.3. The molecule has 0 aliphatic heterocycles. The van der Waals surface area contributed by atoms with E-state index in [1.54, 1.807) is 24.3 Å². The Kier molecular flexibility index (Phi) is 7.55. The highest BCUT2D eigenvalue weighted by atomic mass is 16.5. The number of para-hydroxylation sites is 1. The summed E-state index contributed by atoms with van der Waals surface area (Å²) in [5.41, 5.74) is 5.41. The first-order valence-corrected chi connectivity index (χ1v) is 8.62. The van der Waals surface area contributed by atoms with Crippen molar-refractivity contribution in [3.8, 4) is 5.75 Å². The van der Waals surface area contributed by atoms with E-state index in [0.29, 0.717) is 31.1 Å². The minimum atomic E-state index is -0.383. The summed E-state index contributed by atoms with van der Waals surface area (Å²) >= 11 is 0. The number of carbonyl (C=O) groups is 2. The Hall–Kier alpha value is -2.08. The molecule has 1 fully saturated rings. The van der Waals surface area contributed by atoms with Crippen LogP contribution in [0.25, 0.3) is 0 Å². The molecule has 2 N–H and O–H groups in total. The molecule has 1 aliphatic carbocycles. The Labute approximate surface area is 142 Å². The maximum absolute atomic E-state index is 12.3. The maximum atomic E-state index is 12.3. The van der Waals surface area contributed by atoms with E-state index in [9.17, 15) is 9.59 Å². The van der Waals surface area contributed by atoms with E-state index in [-0.39, 0.29) is 17.7 Å². The first-order chi connectivity index (χ1) is 11.7. The molecular weight excluding hydrogens is 308 g/mol. The van der Waals surface area contributed by atoms with Crippen molar-refractivity contribution in [3.63, 3.8) is 0 Å². The summed E-state index contributed by atoms with van der Waals surface area (Å²) < 4.78 is 10.8. The van der Waals surface area contributed by atoms with Gasteiger partial charge in [-0.1, -0.05) is 31.4 Å². The number of hydrazine groups is 1. The third-order valence-corrected chi connectivity index (χ3v) is 4.10. The number of benzene rings is 1. The highest BCUT2D eigenvalue weighted by Crippen LogP contribution is 2.23. The van der Waals surface area contributed by atoms with E-state index in [1.165, 1.54) is 6.42 Å². The van der Waals surface area contributed by atoms with Crippen molar-refractivity contribution in [2.45, 2.75) is 39.0 Å². The molecule has 1 saturated carbocycles. The van der Waals surface area contributed by atoms with Crippen LogP contribution in [0.5, 0.6) is 5.75 Å². The van der Waals surface area contributed by atoms with Crippen LogP contribution in [0.3, 0.4) is 0 Å². The summed E-state index contributed by atoms with van der Waals surface area (Å²) in [6, 6.07) is 6.95. The fraction of sp³-hybridized carbons (Fsp3) is 0.556. The second-order valence-corrected chi connectivity index (χ2v) is 5.82. The number of hydrogen-bond donors (Lipinski definition) is 2. The van der Waals surface area contributed by atoms with E-state index in [4.69, 9.17) is 9.47 Å². The summed E-state index contributed by atoms with van der Waals surface area (Å²) in [7, 11) is 0. The van der Waals surface area contributed by atoms with Gasteiger partial charge >= 0.3 is 0 Å². The van der Waals surface area contributed by atoms with Crippen molar-refractivity contribution >= 4 is 11.8 Å². The fourth-order valence-corrected chi connectivity index (χ4v) is 2.79. The van der Waals surface area contributed by atoms with Crippen molar-refractivity contribution in [2.24, 2.45) is 5.92 Å². The quantitative estimate of drug-likeness (QED) is 0.593. The van der Waals surface area contributed by atoms with Gasteiger partial charge in [0, 0.05) is 12.5 Å². The molecule has 6 heteroatoms. The topological polar surface area (TPSA) is 76.7 Å². The molecule has 0 aromatic heterocycles. The van der Waals surface area contributed by atoms with E-state index < -0.39 is 0 Å². The van der Waals surface area contributed by atoms with Crippen molar-refractivity contribution in [1.29, 1.82) is 0 Å². The molecule has 132 valence electrons. The molecule has 0 radical (unpaired) electrons. The van der Waals surface area contributed by atoms with Gasteiger partial charge in [-0.2, -0.15) is 0 Å².